The Labute approximate surface area is 167 Å². The maximum Gasteiger partial charge on any atom is 0.335 e. The summed E-state index contributed by atoms with van der Waals surface area (Å²) in [6, 6.07) is 28.1. The van der Waals surface area contributed by atoms with E-state index in [1.807, 2.05) is 19.2 Å². The fourth-order valence-corrected chi connectivity index (χ4v) is 4.10. The maximum absolute atomic E-state index is 11.0. The topological polar surface area (TPSA) is 49.3 Å². The molecule has 0 fully saturated rings. The van der Waals surface area contributed by atoms with Crippen LogP contribution in [-0.4, -0.2) is 18.1 Å². The normalized spacial score (nSPS) is 10.6. The number of carbonyl (C=O) groups is 1. The predicted molar refractivity (Wildman–Crippen MR) is 117 cm³/mol. The van der Waals surface area contributed by atoms with Crippen molar-refractivity contribution in [2.45, 2.75) is 0 Å². The van der Waals surface area contributed by atoms with Crippen molar-refractivity contribution >= 4 is 23.0 Å². The summed E-state index contributed by atoms with van der Waals surface area (Å²) >= 11 is 1.77. The molecule has 138 valence electrons. The molecule has 28 heavy (non-hydrogen) atoms. The van der Waals surface area contributed by atoms with Crippen molar-refractivity contribution in [3.8, 4) is 32.0 Å². The number of hydrogen-bond donors (Lipinski definition) is 2. The van der Waals surface area contributed by atoms with Crippen LogP contribution < -0.4 is 5.32 Å². The molecule has 4 rings (SSSR count). The highest BCUT2D eigenvalue weighted by atomic mass is 32.1. The Bertz CT molecular complexity index is 1090. The highest BCUT2D eigenvalue weighted by Gasteiger charge is 2.07. The number of carboxylic acid groups (broad SMARTS) is 1. The molecule has 0 aliphatic carbocycles. The van der Waals surface area contributed by atoms with Gasteiger partial charge in [-0.05, 0) is 58.7 Å². The lowest BCUT2D eigenvalue weighted by Gasteiger charge is -2.04. The molecule has 0 saturated carbocycles. The molecule has 0 atom stereocenters. The molecule has 3 nitrogen and oxygen atoms in total. The monoisotopic (exact) mass is 385 g/mol. The molecule has 0 aliphatic rings. The number of carboxylic acids is 1. The number of thiophene rings is 1. The van der Waals surface area contributed by atoms with Crippen LogP contribution >= 0.6 is 11.3 Å². The van der Waals surface area contributed by atoms with Crippen molar-refractivity contribution in [3.05, 3.63) is 90.5 Å². The SMILES string of the molecule is CNc1ccc(-c2ccc(-c3ccc(-c4ccc(C(=O)O)cc4)cc3)s2)cc1. The molecule has 0 bridgehead atoms. The van der Waals surface area contributed by atoms with E-state index in [2.05, 4.69) is 66.0 Å². The zero-order valence-electron chi connectivity index (χ0n) is 15.3. The van der Waals surface area contributed by atoms with E-state index < -0.39 is 5.97 Å². The first-order valence-corrected chi connectivity index (χ1v) is 9.78. The van der Waals surface area contributed by atoms with Crippen LogP contribution in [0.4, 0.5) is 5.69 Å². The lowest BCUT2D eigenvalue weighted by molar-refractivity contribution is 0.0697. The second-order valence-corrected chi connectivity index (χ2v) is 7.53. The quantitative estimate of drug-likeness (QED) is 0.413. The molecule has 0 amide bonds. The van der Waals surface area contributed by atoms with Gasteiger partial charge in [0.2, 0.25) is 0 Å². The van der Waals surface area contributed by atoms with Crippen molar-refractivity contribution in [1.82, 2.24) is 0 Å². The lowest BCUT2D eigenvalue weighted by Crippen LogP contribution is -1.94. The Balaban J connectivity index is 1.55. The largest absolute Gasteiger partial charge is 0.478 e. The minimum Gasteiger partial charge on any atom is -0.478 e. The number of aromatic carboxylic acids is 1. The van der Waals surface area contributed by atoms with Gasteiger partial charge in [0, 0.05) is 22.5 Å². The van der Waals surface area contributed by atoms with E-state index >= 15 is 0 Å². The molecule has 0 radical (unpaired) electrons. The van der Waals surface area contributed by atoms with Crippen LogP contribution in [0.25, 0.3) is 32.0 Å². The third-order valence-corrected chi connectivity index (χ3v) is 5.88. The molecule has 0 saturated heterocycles. The van der Waals surface area contributed by atoms with Crippen LogP contribution in [0.5, 0.6) is 0 Å². The van der Waals surface area contributed by atoms with E-state index in [1.165, 1.54) is 20.9 Å². The third kappa shape index (κ3) is 3.68. The molecule has 0 aliphatic heterocycles. The van der Waals surface area contributed by atoms with E-state index in [-0.39, 0.29) is 0 Å². The Hall–Kier alpha value is -3.37. The molecular weight excluding hydrogens is 366 g/mol. The molecule has 4 heteroatoms. The van der Waals surface area contributed by atoms with Gasteiger partial charge in [0.25, 0.3) is 0 Å². The highest BCUT2D eigenvalue weighted by molar-refractivity contribution is 7.18. The summed E-state index contributed by atoms with van der Waals surface area (Å²) in [5, 5.41) is 12.2. The summed E-state index contributed by atoms with van der Waals surface area (Å²) in [6.45, 7) is 0. The zero-order chi connectivity index (χ0) is 19.5. The van der Waals surface area contributed by atoms with Gasteiger partial charge in [0.1, 0.15) is 0 Å². The van der Waals surface area contributed by atoms with Crippen LogP contribution in [0.3, 0.4) is 0 Å². The van der Waals surface area contributed by atoms with Gasteiger partial charge in [-0.2, -0.15) is 0 Å². The average molecular weight is 385 g/mol. The van der Waals surface area contributed by atoms with Gasteiger partial charge in [0.15, 0.2) is 0 Å². The second kappa shape index (κ2) is 7.71. The van der Waals surface area contributed by atoms with Gasteiger partial charge in [-0.25, -0.2) is 4.79 Å². The summed E-state index contributed by atoms with van der Waals surface area (Å²) in [6.07, 6.45) is 0. The molecule has 0 spiro atoms. The maximum atomic E-state index is 11.0. The number of hydrogen-bond acceptors (Lipinski definition) is 3. The summed E-state index contributed by atoms with van der Waals surface area (Å²) in [4.78, 5) is 13.4. The number of rotatable bonds is 5. The molecular formula is C24H19NO2S. The minimum atomic E-state index is -0.906. The van der Waals surface area contributed by atoms with E-state index in [0.717, 1.165) is 16.8 Å². The van der Waals surface area contributed by atoms with Crippen molar-refractivity contribution in [2.75, 3.05) is 12.4 Å². The molecule has 4 aromatic rings. The first-order chi connectivity index (χ1) is 13.6. The van der Waals surface area contributed by atoms with Gasteiger partial charge < -0.3 is 10.4 Å². The Morgan fingerprint density at radius 2 is 1.11 bits per heavy atom. The molecule has 0 unspecified atom stereocenters. The second-order valence-electron chi connectivity index (χ2n) is 6.45. The highest BCUT2D eigenvalue weighted by Crippen LogP contribution is 2.35. The first-order valence-electron chi connectivity index (χ1n) is 8.96. The van der Waals surface area contributed by atoms with Crippen molar-refractivity contribution in [2.24, 2.45) is 0 Å². The average Bonchev–Trinajstić information content (AvgIpc) is 3.24. The van der Waals surface area contributed by atoms with E-state index in [4.69, 9.17) is 5.11 Å². The molecule has 3 aromatic carbocycles. The molecule has 1 heterocycles. The summed E-state index contributed by atoms with van der Waals surface area (Å²) in [5.41, 5.74) is 5.87. The summed E-state index contributed by atoms with van der Waals surface area (Å²) in [7, 11) is 1.92. The van der Waals surface area contributed by atoms with Crippen molar-refractivity contribution < 1.29 is 9.90 Å². The lowest BCUT2D eigenvalue weighted by atomic mass is 10.0. The van der Waals surface area contributed by atoms with Gasteiger partial charge >= 0.3 is 5.97 Å². The standard InChI is InChI=1S/C24H19NO2S/c1-25-21-12-10-19(11-13-21)23-15-14-22(28-23)18-6-2-16(3-7-18)17-4-8-20(9-5-17)24(26)27/h2-15,25H,1H3,(H,26,27). The summed E-state index contributed by atoms with van der Waals surface area (Å²) < 4.78 is 0. The van der Waals surface area contributed by atoms with Crippen LogP contribution in [0.2, 0.25) is 0 Å². The Kier molecular flexibility index (Phi) is 4.96. The van der Waals surface area contributed by atoms with Crippen LogP contribution in [-0.2, 0) is 0 Å². The number of anilines is 1. The van der Waals surface area contributed by atoms with Crippen LogP contribution in [0.1, 0.15) is 10.4 Å². The predicted octanol–water partition coefficient (Wildman–Crippen LogP) is 6.49. The molecule has 2 N–H and O–H groups in total. The van der Waals surface area contributed by atoms with Gasteiger partial charge in [-0.3, -0.25) is 0 Å². The van der Waals surface area contributed by atoms with E-state index in [1.54, 1.807) is 23.5 Å². The Morgan fingerprint density at radius 1 is 0.679 bits per heavy atom. The van der Waals surface area contributed by atoms with E-state index in [9.17, 15) is 4.79 Å². The minimum absolute atomic E-state index is 0.300. The fraction of sp³-hybridized carbons (Fsp3) is 0.0417. The fourth-order valence-electron chi connectivity index (χ4n) is 3.08. The van der Waals surface area contributed by atoms with Crippen LogP contribution in [0.15, 0.2) is 84.9 Å². The Morgan fingerprint density at radius 3 is 1.57 bits per heavy atom. The van der Waals surface area contributed by atoms with Crippen molar-refractivity contribution in [1.29, 1.82) is 0 Å². The third-order valence-electron chi connectivity index (χ3n) is 4.70. The zero-order valence-corrected chi connectivity index (χ0v) is 16.2. The smallest absolute Gasteiger partial charge is 0.335 e. The van der Waals surface area contributed by atoms with Gasteiger partial charge in [-0.1, -0.05) is 48.5 Å². The number of nitrogens with one attached hydrogen (secondary N) is 1. The first kappa shape index (κ1) is 18.0. The van der Waals surface area contributed by atoms with E-state index in [0.29, 0.717) is 5.56 Å². The van der Waals surface area contributed by atoms with Crippen LogP contribution in [0, 0.1) is 0 Å². The van der Waals surface area contributed by atoms with Gasteiger partial charge in [-0.15, -0.1) is 11.3 Å². The summed E-state index contributed by atoms with van der Waals surface area (Å²) in [5.74, 6) is -0.906. The van der Waals surface area contributed by atoms with Crippen molar-refractivity contribution in [3.63, 3.8) is 0 Å². The molecule has 1 aromatic heterocycles. The number of benzene rings is 3. The van der Waals surface area contributed by atoms with Gasteiger partial charge in [0.05, 0.1) is 5.56 Å².